The van der Waals surface area contributed by atoms with E-state index >= 15 is 0 Å². The van der Waals surface area contributed by atoms with Crippen LogP contribution in [0.25, 0.3) is 0 Å². The van der Waals surface area contributed by atoms with Crippen molar-refractivity contribution < 1.29 is 23.7 Å². The zero-order chi connectivity index (χ0) is 21.1. The van der Waals surface area contributed by atoms with Crippen LogP contribution in [0.2, 0.25) is 0 Å². The van der Waals surface area contributed by atoms with Gasteiger partial charge >= 0.3 is 0 Å². The van der Waals surface area contributed by atoms with Gasteiger partial charge in [0.05, 0.1) is 28.4 Å². The fourth-order valence-corrected chi connectivity index (χ4v) is 4.09. The van der Waals surface area contributed by atoms with Gasteiger partial charge < -0.3 is 24.3 Å². The summed E-state index contributed by atoms with van der Waals surface area (Å²) < 4.78 is 21.6. The van der Waals surface area contributed by atoms with Gasteiger partial charge in [-0.15, -0.1) is 0 Å². The van der Waals surface area contributed by atoms with Gasteiger partial charge in [0.1, 0.15) is 5.78 Å². The van der Waals surface area contributed by atoms with E-state index in [1.165, 1.54) is 0 Å². The number of carbonyl (C=O) groups is 1. The molecule has 29 heavy (non-hydrogen) atoms. The smallest absolute Gasteiger partial charge is 0.161 e. The number of benzene rings is 2. The number of nitrogens with one attached hydrogen (secondary N) is 1. The second kappa shape index (κ2) is 8.74. The lowest BCUT2D eigenvalue weighted by atomic mass is 9.76. The maximum Gasteiger partial charge on any atom is 0.161 e. The summed E-state index contributed by atoms with van der Waals surface area (Å²) in [5.41, 5.74) is 1.97. The van der Waals surface area contributed by atoms with Crippen molar-refractivity contribution in [1.82, 2.24) is 5.32 Å². The number of Topliss-reactive ketones (excluding diaryl/α,β-unsaturated/α-hetero) is 1. The summed E-state index contributed by atoms with van der Waals surface area (Å²) in [5.74, 6) is 2.51. The molecular weight excluding hydrogens is 370 g/mol. The normalized spacial score (nSPS) is 24.1. The van der Waals surface area contributed by atoms with Gasteiger partial charge in [-0.2, -0.15) is 0 Å². The van der Waals surface area contributed by atoms with Gasteiger partial charge in [-0.3, -0.25) is 4.79 Å². The summed E-state index contributed by atoms with van der Waals surface area (Å²) in [4.78, 5) is 13.1. The van der Waals surface area contributed by atoms with Gasteiger partial charge in [0.15, 0.2) is 23.0 Å². The van der Waals surface area contributed by atoms with Crippen molar-refractivity contribution in [3.63, 3.8) is 0 Å². The van der Waals surface area contributed by atoms with Crippen LogP contribution in [0.15, 0.2) is 36.4 Å². The number of hydrogen-bond donors (Lipinski definition) is 1. The maximum absolute atomic E-state index is 13.1. The molecule has 2 aromatic rings. The molecule has 1 heterocycles. The molecule has 1 aliphatic rings. The largest absolute Gasteiger partial charge is 0.493 e. The average molecular weight is 399 g/mol. The Kier molecular flexibility index (Phi) is 6.33. The van der Waals surface area contributed by atoms with Crippen LogP contribution in [0.4, 0.5) is 0 Å². The van der Waals surface area contributed by atoms with Crippen molar-refractivity contribution in [2.45, 2.75) is 25.9 Å². The molecule has 0 amide bonds. The van der Waals surface area contributed by atoms with Gasteiger partial charge in [-0.25, -0.2) is 0 Å². The van der Waals surface area contributed by atoms with E-state index in [-0.39, 0.29) is 29.7 Å². The average Bonchev–Trinajstić information content (AvgIpc) is 2.76. The van der Waals surface area contributed by atoms with E-state index in [9.17, 15) is 4.79 Å². The standard InChI is InChI=1S/C23H29NO5/c1-13-21(15-7-9-17(26-3)19(11-15)28-5)24-22(14(2)23(13)25)16-8-10-18(27-4)20(12-16)29-6/h7-14,21-22,24H,1-6H3/t13-,14-,21-,22+/m1/s1. The number of rotatable bonds is 6. The van der Waals surface area contributed by atoms with Crippen molar-refractivity contribution in [2.75, 3.05) is 28.4 Å². The highest BCUT2D eigenvalue weighted by Crippen LogP contribution is 2.41. The summed E-state index contributed by atoms with van der Waals surface area (Å²) in [6.07, 6.45) is 0. The first-order valence-electron chi connectivity index (χ1n) is 9.68. The van der Waals surface area contributed by atoms with Crippen molar-refractivity contribution in [1.29, 1.82) is 0 Å². The molecule has 4 atom stereocenters. The van der Waals surface area contributed by atoms with E-state index in [1.807, 2.05) is 50.2 Å². The molecular formula is C23H29NO5. The highest BCUT2D eigenvalue weighted by Gasteiger charge is 2.40. The molecule has 0 unspecified atom stereocenters. The predicted molar refractivity (Wildman–Crippen MR) is 111 cm³/mol. The van der Waals surface area contributed by atoms with Crippen molar-refractivity contribution in [2.24, 2.45) is 11.8 Å². The summed E-state index contributed by atoms with van der Waals surface area (Å²) in [6, 6.07) is 11.3. The lowest BCUT2D eigenvalue weighted by Crippen LogP contribution is -2.46. The minimum atomic E-state index is -0.167. The maximum atomic E-state index is 13.1. The molecule has 0 spiro atoms. The van der Waals surface area contributed by atoms with Crippen LogP contribution in [-0.4, -0.2) is 34.2 Å². The number of piperidine rings is 1. The van der Waals surface area contributed by atoms with Crippen LogP contribution in [0.5, 0.6) is 23.0 Å². The first-order valence-corrected chi connectivity index (χ1v) is 9.68. The highest BCUT2D eigenvalue weighted by atomic mass is 16.5. The first-order chi connectivity index (χ1) is 13.9. The molecule has 0 radical (unpaired) electrons. The van der Waals surface area contributed by atoms with E-state index in [2.05, 4.69) is 5.32 Å². The van der Waals surface area contributed by atoms with Gasteiger partial charge in [0.2, 0.25) is 0 Å². The number of ether oxygens (including phenoxy) is 4. The fourth-order valence-electron chi connectivity index (χ4n) is 4.09. The van der Waals surface area contributed by atoms with E-state index < -0.39 is 0 Å². The molecule has 6 nitrogen and oxygen atoms in total. The second-order valence-corrected chi connectivity index (χ2v) is 7.33. The van der Waals surface area contributed by atoms with Gasteiger partial charge in [0.25, 0.3) is 0 Å². The molecule has 3 rings (SSSR count). The molecule has 1 fully saturated rings. The van der Waals surface area contributed by atoms with Gasteiger partial charge in [0, 0.05) is 23.9 Å². The Bertz CT molecular complexity index is 812. The topological polar surface area (TPSA) is 66.0 Å². The minimum Gasteiger partial charge on any atom is -0.493 e. The Morgan fingerprint density at radius 3 is 1.38 bits per heavy atom. The molecule has 2 aromatic carbocycles. The molecule has 1 N–H and O–H groups in total. The highest BCUT2D eigenvalue weighted by molar-refractivity contribution is 5.85. The molecule has 156 valence electrons. The van der Waals surface area contributed by atoms with Crippen LogP contribution >= 0.6 is 0 Å². The Balaban J connectivity index is 1.98. The van der Waals surface area contributed by atoms with E-state index in [4.69, 9.17) is 18.9 Å². The Labute approximate surface area is 172 Å². The van der Waals surface area contributed by atoms with Crippen LogP contribution in [0.3, 0.4) is 0 Å². The zero-order valence-corrected chi connectivity index (χ0v) is 17.8. The predicted octanol–water partition coefficient (Wildman–Crippen LogP) is 3.95. The molecule has 1 aliphatic heterocycles. The first kappa shape index (κ1) is 21.0. The number of hydrogen-bond acceptors (Lipinski definition) is 6. The minimum absolute atomic E-state index is 0.142. The number of ketones is 1. The molecule has 0 bridgehead atoms. The van der Waals surface area contributed by atoms with E-state index in [0.29, 0.717) is 23.0 Å². The Morgan fingerprint density at radius 1 is 0.655 bits per heavy atom. The number of carbonyl (C=O) groups excluding carboxylic acids is 1. The third kappa shape index (κ3) is 3.90. The van der Waals surface area contributed by atoms with Crippen LogP contribution in [-0.2, 0) is 4.79 Å². The zero-order valence-electron chi connectivity index (χ0n) is 17.8. The summed E-state index contributed by atoms with van der Waals surface area (Å²) >= 11 is 0. The van der Waals surface area contributed by atoms with Crippen LogP contribution in [0, 0.1) is 11.8 Å². The van der Waals surface area contributed by atoms with Crippen LogP contribution < -0.4 is 24.3 Å². The van der Waals surface area contributed by atoms with Crippen molar-refractivity contribution >= 4 is 5.78 Å². The quantitative estimate of drug-likeness (QED) is 0.794. The van der Waals surface area contributed by atoms with E-state index in [1.54, 1.807) is 28.4 Å². The summed E-state index contributed by atoms with van der Waals surface area (Å²) in [6.45, 7) is 3.94. The third-order valence-electron chi connectivity index (χ3n) is 5.79. The fraction of sp³-hybridized carbons (Fsp3) is 0.435. The third-order valence-corrected chi connectivity index (χ3v) is 5.79. The second-order valence-electron chi connectivity index (χ2n) is 7.33. The van der Waals surface area contributed by atoms with Crippen molar-refractivity contribution in [3.05, 3.63) is 47.5 Å². The van der Waals surface area contributed by atoms with Gasteiger partial charge in [-0.05, 0) is 35.4 Å². The van der Waals surface area contributed by atoms with Crippen LogP contribution in [0.1, 0.15) is 37.1 Å². The Hall–Kier alpha value is -2.73. The Morgan fingerprint density at radius 2 is 1.03 bits per heavy atom. The lowest BCUT2D eigenvalue weighted by Gasteiger charge is -2.39. The molecule has 1 saturated heterocycles. The summed E-state index contributed by atoms with van der Waals surface area (Å²) in [5, 5.41) is 3.68. The van der Waals surface area contributed by atoms with Crippen molar-refractivity contribution in [3.8, 4) is 23.0 Å². The number of methoxy groups -OCH3 is 4. The van der Waals surface area contributed by atoms with Gasteiger partial charge in [-0.1, -0.05) is 26.0 Å². The monoisotopic (exact) mass is 399 g/mol. The molecule has 6 heteroatoms. The lowest BCUT2D eigenvalue weighted by molar-refractivity contribution is -0.130. The molecule has 0 aliphatic carbocycles. The summed E-state index contributed by atoms with van der Waals surface area (Å²) in [7, 11) is 6.44. The molecule has 0 aromatic heterocycles. The molecule has 0 saturated carbocycles. The van der Waals surface area contributed by atoms with E-state index in [0.717, 1.165) is 11.1 Å². The SMILES string of the molecule is COc1ccc([C@H]2N[C@@H](c3ccc(OC)c(OC)c3)[C@@H](C)C(=O)[C@@H]2C)cc1OC.